The lowest BCUT2D eigenvalue weighted by atomic mass is 10.1. The normalized spacial score (nSPS) is 14.6. The summed E-state index contributed by atoms with van der Waals surface area (Å²) in [5.74, 6) is -1.26. The van der Waals surface area contributed by atoms with Gasteiger partial charge in [-0.25, -0.2) is 17.8 Å². The predicted molar refractivity (Wildman–Crippen MR) is 128 cm³/mol. The number of aromatic nitrogens is 2. The number of carbonyl (C=O) groups excluding carboxylic acids is 2. The van der Waals surface area contributed by atoms with E-state index < -0.39 is 21.7 Å². The summed E-state index contributed by atoms with van der Waals surface area (Å²) in [6.07, 6.45) is 2.95. The number of fused-ring (bicyclic) bond motifs is 1. The highest BCUT2D eigenvalue weighted by molar-refractivity contribution is 7.93. The average molecular weight is 502 g/mol. The Balaban J connectivity index is 0.00000289. The van der Waals surface area contributed by atoms with Gasteiger partial charge in [0.2, 0.25) is 5.91 Å². The summed E-state index contributed by atoms with van der Waals surface area (Å²) in [5, 5.41) is 2.12. The van der Waals surface area contributed by atoms with Gasteiger partial charge in [0.1, 0.15) is 12.4 Å². The Morgan fingerprint density at radius 3 is 2.68 bits per heavy atom. The van der Waals surface area contributed by atoms with E-state index in [9.17, 15) is 22.4 Å². The van der Waals surface area contributed by atoms with Crippen molar-refractivity contribution in [2.45, 2.75) is 4.90 Å². The van der Waals surface area contributed by atoms with Crippen LogP contribution < -0.4 is 9.62 Å². The summed E-state index contributed by atoms with van der Waals surface area (Å²) in [7, 11) is -3.80. The molecular formula is C22H20FN5O4S2. The van der Waals surface area contributed by atoms with Crippen LogP contribution in [0, 0.1) is 5.82 Å². The molecule has 9 nitrogen and oxygen atoms in total. The Bertz CT molecular complexity index is 1490. The van der Waals surface area contributed by atoms with E-state index in [0.29, 0.717) is 11.2 Å². The van der Waals surface area contributed by atoms with E-state index in [0.717, 1.165) is 11.3 Å². The fourth-order valence-electron chi connectivity index (χ4n) is 3.85. The Kier molecular flexibility index (Phi) is 5.54. The minimum Gasteiger partial charge on any atom is -0.360 e. The number of carbonyl (C=O) groups is 2. The molecule has 0 aliphatic carbocycles. The van der Waals surface area contributed by atoms with E-state index in [1.807, 2.05) is 0 Å². The molecule has 2 amide bonds. The Morgan fingerprint density at radius 1 is 1.18 bits per heavy atom. The van der Waals surface area contributed by atoms with E-state index in [4.69, 9.17) is 0 Å². The molecule has 3 heterocycles. The van der Waals surface area contributed by atoms with E-state index in [-0.39, 0.29) is 47.9 Å². The molecule has 0 spiro atoms. The van der Waals surface area contributed by atoms with Crippen LogP contribution in [0.4, 0.5) is 15.2 Å². The predicted octanol–water partition coefficient (Wildman–Crippen LogP) is 3.30. The molecule has 0 radical (unpaired) electrons. The van der Waals surface area contributed by atoms with Crippen molar-refractivity contribution < 1.29 is 23.8 Å². The summed E-state index contributed by atoms with van der Waals surface area (Å²) in [5.41, 5.74) is 1.20. The summed E-state index contributed by atoms with van der Waals surface area (Å²) in [6.45, 7) is 0.293. The largest absolute Gasteiger partial charge is 0.360 e. The second-order valence-electron chi connectivity index (χ2n) is 7.57. The Hall–Kier alpha value is -3.77. The van der Waals surface area contributed by atoms with Gasteiger partial charge in [-0.2, -0.15) is 0 Å². The van der Waals surface area contributed by atoms with Crippen LogP contribution in [0.2, 0.25) is 0 Å². The first-order valence-corrected chi connectivity index (χ1v) is 12.6. The zero-order valence-corrected chi connectivity index (χ0v) is 19.2. The number of halogens is 1. The highest BCUT2D eigenvalue weighted by atomic mass is 32.2. The molecule has 0 unspecified atom stereocenters. The van der Waals surface area contributed by atoms with Crippen LogP contribution in [-0.2, 0) is 14.8 Å². The van der Waals surface area contributed by atoms with Gasteiger partial charge < -0.3 is 14.8 Å². The summed E-state index contributed by atoms with van der Waals surface area (Å²) in [6, 6.07) is 10.4. The molecule has 0 saturated carbocycles. The fraction of sp³-hybridized carbons (Fsp3) is 0.136. The number of nitrogens with one attached hydrogen (secondary N) is 2. The number of hydrogen-bond acceptors (Lipinski definition) is 6. The number of rotatable bonds is 5. The van der Waals surface area contributed by atoms with Gasteiger partial charge in [-0.3, -0.25) is 14.3 Å². The Morgan fingerprint density at radius 2 is 1.97 bits per heavy atom. The van der Waals surface area contributed by atoms with Gasteiger partial charge in [-0.1, -0.05) is 6.07 Å². The van der Waals surface area contributed by atoms with Crippen LogP contribution in [-0.4, -0.2) is 54.7 Å². The van der Waals surface area contributed by atoms with E-state index in [1.165, 1.54) is 40.4 Å². The molecule has 1 fully saturated rings. The summed E-state index contributed by atoms with van der Waals surface area (Å²) < 4.78 is 41.7. The molecule has 5 rings (SSSR count). The molecule has 4 aromatic rings. The molecule has 2 aromatic carbocycles. The van der Waals surface area contributed by atoms with Crippen LogP contribution in [0.3, 0.4) is 0 Å². The van der Waals surface area contributed by atoms with Crippen LogP contribution in [0.5, 0.6) is 0 Å². The average Bonchev–Trinajstić information content (AvgIpc) is 3.49. The van der Waals surface area contributed by atoms with E-state index >= 15 is 0 Å². The molecule has 12 heteroatoms. The van der Waals surface area contributed by atoms with Crippen LogP contribution in [0.25, 0.3) is 10.9 Å². The standard InChI is InChI=1S/C22H18FN5O4S2.H2/c23-17-2-1-3-18-20(17)16(12-25-18)21(30)27-9-10-28(19(29)13-27)14-4-6-15(7-5-14)34(31,32)26-22-24-8-11-33-22;/h1-8,11-12,25H,9-10,13H2,(H,24,26);1H. The lowest BCUT2D eigenvalue weighted by Gasteiger charge is -2.34. The second kappa shape index (κ2) is 8.54. The quantitative estimate of drug-likeness (QED) is 0.435. The van der Waals surface area contributed by atoms with Crippen molar-refractivity contribution in [3.05, 3.63) is 71.6 Å². The molecule has 176 valence electrons. The van der Waals surface area contributed by atoms with Gasteiger partial charge in [0.15, 0.2) is 5.13 Å². The first-order chi connectivity index (χ1) is 16.3. The number of piperazine rings is 1. The zero-order valence-electron chi connectivity index (χ0n) is 17.6. The number of aromatic amines is 1. The van der Waals surface area contributed by atoms with Crippen LogP contribution >= 0.6 is 11.3 Å². The first kappa shape index (κ1) is 22.0. The molecular weight excluding hydrogens is 481 g/mol. The maximum Gasteiger partial charge on any atom is 0.263 e. The minimum atomic E-state index is -3.80. The number of sulfonamides is 1. The molecule has 2 N–H and O–H groups in total. The number of thiazole rings is 1. The molecule has 34 heavy (non-hydrogen) atoms. The van der Waals surface area contributed by atoms with Crippen molar-refractivity contribution in [1.82, 2.24) is 14.9 Å². The maximum absolute atomic E-state index is 14.3. The third kappa shape index (κ3) is 4.01. The van der Waals surface area contributed by atoms with Gasteiger partial charge in [-0.15, -0.1) is 11.3 Å². The van der Waals surface area contributed by atoms with Crippen LogP contribution in [0.15, 0.2) is 65.1 Å². The summed E-state index contributed by atoms with van der Waals surface area (Å²) >= 11 is 1.16. The van der Waals surface area contributed by atoms with E-state index in [1.54, 1.807) is 29.6 Å². The number of H-pyrrole nitrogens is 1. The first-order valence-electron chi connectivity index (χ1n) is 10.2. The van der Waals surface area contributed by atoms with Crippen molar-refractivity contribution in [2.24, 2.45) is 0 Å². The number of hydrogen-bond donors (Lipinski definition) is 2. The van der Waals surface area contributed by atoms with Gasteiger partial charge in [-0.05, 0) is 36.4 Å². The lowest BCUT2D eigenvalue weighted by Crippen LogP contribution is -2.52. The van der Waals surface area contributed by atoms with Gasteiger partial charge in [0.25, 0.3) is 15.9 Å². The van der Waals surface area contributed by atoms with Gasteiger partial charge in [0.05, 0.1) is 10.5 Å². The van der Waals surface area contributed by atoms with Gasteiger partial charge >= 0.3 is 0 Å². The number of nitrogens with zero attached hydrogens (tertiary/aromatic N) is 3. The molecule has 1 saturated heterocycles. The molecule has 1 aliphatic heterocycles. The second-order valence-corrected chi connectivity index (χ2v) is 10.2. The number of benzene rings is 2. The molecule has 0 atom stereocenters. The molecule has 1 aliphatic rings. The topological polar surface area (TPSA) is 115 Å². The molecule has 0 bridgehead atoms. The maximum atomic E-state index is 14.3. The monoisotopic (exact) mass is 501 g/mol. The summed E-state index contributed by atoms with van der Waals surface area (Å²) in [4.78, 5) is 35.5. The zero-order chi connectivity index (χ0) is 23.9. The fourth-order valence-corrected chi connectivity index (χ4v) is 5.64. The number of anilines is 2. The van der Waals surface area contributed by atoms with Gasteiger partial charge in [0, 0.05) is 48.9 Å². The number of amides is 2. The van der Waals surface area contributed by atoms with Crippen molar-refractivity contribution in [3.8, 4) is 0 Å². The van der Waals surface area contributed by atoms with Crippen LogP contribution in [0.1, 0.15) is 11.8 Å². The Labute approximate surface area is 199 Å². The van der Waals surface area contributed by atoms with Crippen molar-refractivity contribution in [3.63, 3.8) is 0 Å². The van der Waals surface area contributed by atoms with E-state index in [2.05, 4.69) is 14.7 Å². The third-order valence-corrected chi connectivity index (χ3v) is 7.68. The highest BCUT2D eigenvalue weighted by Crippen LogP contribution is 2.25. The SMILES string of the molecule is O=C(c1c[nH]c2cccc(F)c12)N1CCN(c2ccc(S(=O)(=O)Nc3nccs3)cc2)C(=O)C1.[HH]. The lowest BCUT2D eigenvalue weighted by molar-refractivity contribution is -0.120. The minimum absolute atomic E-state index is 0. The smallest absolute Gasteiger partial charge is 0.263 e. The highest BCUT2D eigenvalue weighted by Gasteiger charge is 2.30. The van der Waals surface area contributed by atoms with Crippen molar-refractivity contribution in [1.29, 1.82) is 0 Å². The van der Waals surface area contributed by atoms with Crippen molar-refractivity contribution in [2.75, 3.05) is 29.3 Å². The van der Waals surface area contributed by atoms with Crippen molar-refractivity contribution >= 4 is 54.9 Å². The molecule has 2 aromatic heterocycles. The third-order valence-electron chi connectivity index (χ3n) is 5.51.